The first-order valence-corrected chi connectivity index (χ1v) is 5.85. The van der Waals surface area contributed by atoms with Gasteiger partial charge < -0.3 is 4.74 Å². The molecule has 90 valence electrons. The Hall–Kier alpha value is -1.89. The van der Waals surface area contributed by atoms with Crippen LogP contribution in [0.1, 0.15) is 22.2 Å². The van der Waals surface area contributed by atoms with Crippen LogP contribution in [0.25, 0.3) is 5.00 Å². The van der Waals surface area contributed by atoms with Gasteiger partial charge in [-0.15, -0.1) is 11.3 Å². The van der Waals surface area contributed by atoms with Crippen LogP contribution in [0, 0.1) is 6.92 Å². The molecule has 0 radical (unpaired) electrons. The zero-order valence-electron chi connectivity index (χ0n) is 9.39. The fourth-order valence-corrected chi connectivity index (χ4v) is 2.42. The van der Waals surface area contributed by atoms with Gasteiger partial charge in [0.25, 0.3) is 0 Å². The van der Waals surface area contributed by atoms with Crippen molar-refractivity contribution in [3.8, 4) is 5.00 Å². The third kappa shape index (κ3) is 2.14. The van der Waals surface area contributed by atoms with Gasteiger partial charge in [0.15, 0.2) is 0 Å². The van der Waals surface area contributed by atoms with Gasteiger partial charge >= 0.3 is 11.7 Å². The van der Waals surface area contributed by atoms with Crippen LogP contribution in [0.5, 0.6) is 0 Å². The normalized spacial score (nSPS) is 10.5. The monoisotopic (exact) mass is 253 g/mol. The number of rotatable bonds is 3. The number of carbonyl (C=O) groups is 1. The lowest BCUT2D eigenvalue weighted by Gasteiger charge is -1.98. The number of H-pyrrole nitrogens is 1. The number of nitrogens with one attached hydrogen (secondary N) is 1. The maximum atomic E-state index is 11.6. The first kappa shape index (κ1) is 11.6. The van der Waals surface area contributed by atoms with Crippen molar-refractivity contribution in [3.05, 3.63) is 33.3 Å². The van der Waals surface area contributed by atoms with Crippen molar-refractivity contribution < 1.29 is 9.53 Å². The highest BCUT2D eigenvalue weighted by atomic mass is 32.1. The molecule has 6 nitrogen and oxygen atoms in total. The molecule has 0 bridgehead atoms. The van der Waals surface area contributed by atoms with Gasteiger partial charge in [-0.3, -0.25) is 0 Å². The van der Waals surface area contributed by atoms with Gasteiger partial charge in [0.2, 0.25) is 0 Å². The average Bonchev–Trinajstić information content (AvgIpc) is 2.84. The Balaban J connectivity index is 2.41. The Labute approximate surface area is 101 Å². The standard InChI is InChI=1S/C10H11N3O3S/c1-3-16-9(14)8-6(2)4-7(17-8)13-5-11-12-10(13)15/h4-5H,3H2,1-2H3,(H,12,15). The minimum absolute atomic E-state index is 0.331. The van der Waals surface area contributed by atoms with Crippen LogP contribution in [-0.4, -0.2) is 27.3 Å². The van der Waals surface area contributed by atoms with Gasteiger partial charge in [0.05, 0.1) is 6.61 Å². The Morgan fingerprint density at radius 1 is 1.65 bits per heavy atom. The van der Waals surface area contributed by atoms with E-state index in [9.17, 15) is 9.59 Å². The molecular weight excluding hydrogens is 242 g/mol. The fraction of sp³-hybridized carbons (Fsp3) is 0.300. The third-order valence-electron chi connectivity index (χ3n) is 2.16. The van der Waals surface area contributed by atoms with Gasteiger partial charge in [-0.25, -0.2) is 19.3 Å². The first-order chi connectivity index (χ1) is 8.13. The predicted octanol–water partition coefficient (Wildman–Crippen LogP) is 1.11. The summed E-state index contributed by atoms with van der Waals surface area (Å²) in [6.07, 6.45) is 1.38. The van der Waals surface area contributed by atoms with E-state index in [1.807, 2.05) is 0 Å². The summed E-state index contributed by atoms with van der Waals surface area (Å²) in [5.41, 5.74) is 0.457. The molecule has 0 saturated heterocycles. The number of carbonyl (C=O) groups excluding carboxylic acids is 1. The predicted molar refractivity (Wildman–Crippen MR) is 62.8 cm³/mol. The van der Waals surface area contributed by atoms with Crippen molar-refractivity contribution in [1.29, 1.82) is 0 Å². The summed E-state index contributed by atoms with van der Waals surface area (Å²) in [6, 6.07) is 1.76. The van der Waals surface area contributed by atoms with E-state index < -0.39 is 0 Å². The highest BCUT2D eigenvalue weighted by Gasteiger charge is 2.16. The van der Waals surface area contributed by atoms with Crippen LogP contribution in [0.2, 0.25) is 0 Å². The second kappa shape index (κ2) is 4.54. The molecule has 2 rings (SSSR count). The highest BCUT2D eigenvalue weighted by Crippen LogP contribution is 2.24. The van der Waals surface area contributed by atoms with Gasteiger partial charge in [0, 0.05) is 0 Å². The zero-order chi connectivity index (χ0) is 12.4. The summed E-state index contributed by atoms with van der Waals surface area (Å²) in [4.78, 5) is 23.5. The van der Waals surface area contributed by atoms with E-state index in [0.717, 1.165) is 5.56 Å². The van der Waals surface area contributed by atoms with Crippen molar-refractivity contribution in [2.45, 2.75) is 13.8 Å². The molecule has 0 unspecified atom stereocenters. The van der Waals surface area contributed by atoms with Gasteiger partial charge in [-0.1, -0.05) is 0 Å². The lowest BCUT2D eigenvalue weighted by molar-refractivity contribution is 0.0531. The minimum Gasteiger partial charge on any atom is -0.462 e. The Bertz CT molecular complexity index is 596. The van der Waals surface area contributed by atoms with E-state index in [2.05, 4.69) is 10.2 Å². The lowest BCUT2D eigenvalue weighted by Crippen LogP contribution is -2.12. The Morgan fingerprint density at radius 3 is 3.00 bits per heavy atom. The maximum absolute atomic E-state index is 11.6. The molecule has 0 aliphatic rings. The molecule has 0 spiro atoms. The van der Waals surface area contributed by atoms with E-state index >= 15 is 0 Å². The van der Waals surface area contributed by atoms with Gasteiger partial charge in [-0.2, -0.15) is 5.10 Å². The molecule has 2 heterocycles. The van der Waals surface area contributed by atoms with Crippen molar-refractivity contribution >= 4 is 17.3 Å². The Kier molecular flexibility index (Phi) is 3.10. The quantitative estimate of drug-likeness (QED) is 0.831. The molecule has 0 aliphatic carbocycles. The van der Waals surface area contributed by atoms with Crippen LogP contribution in [0.4, 0.5) is 0 Å². The van der Waals surface area contributed by atoms with Gasteiger partial charge in [0.1, 0.15) is 16.2 Å². The Morgan fingerprint density at radius 2 is 2.41 bits per heavy atom. The summed E-state index contributed by atoms with van der Waals surface area (Å²) >= 11 is 1.21. The summed E-state index contributed by atoms with van der Waals surface area (Å²) in [6.45, 7) is 3.89. The minimum atomic E-state index is -0.363. The van der Waals surface area contributed by atoms with Crippen molar-refractivity contribution in [2.75, 3.05) is 6.61 Å². The summed E-state index contributed by atoms with van der Waals surface area (Å²) in [7, 11) is 0. The summed E-state index contributed by atoms with van der Waals surface area (Å²) < 4.78 is 6.28. The first-order valence-electron chi connectivity index (χ1n) is 5.03. The molecule has 0 amide bonds. The number of ether oxygens (including phenoxy) is 1. The fourth-order valence-electron chi connectivity index (χ4n) is 1.39. The number of hydrogen-bond donors (Lipinski definition) is 1. The van der Waals surface area contributed by atoms with Crippen LogP contribution >= 0.6 is 11.3 Å². The van der Waals surface area contributed by atoms with Gasteiger partial charge in [-0.05, 0) is 25.5 Å². The van der Waals surface area contributed by atoms with E-state index in [-0.39, 0.29) is 11.7 Å². The molecule has 0 atom stereocenters. The van der Waals surface area contributed by atoms with E-state index in [1.54, 1.807) is 19.9 Å². The summed E-state index contributed by atoms with van der Waals surface area (Å²) in [5.74, 6) is -0.363. The number of aromatic amines is 1. The number of aromatic nitrogens is 3. The largest absolute Gasteiger partial charge is 0.462 e. The molecule has 2 aromatic heterocycles. The van der Waals surface area contributed by atoms with E-state index in [0.29, 0.717) is 16.5 Å². The van der Waals surface area contributed by atoms with Crippen LogP contribution < -0.4 is 5.69 Å². The molecule has 1 N–H and O–H groups in total. The summed E-state index contributed by atoms with van der Waals surface area (Å²) in [5, 5.41) is 6.58. The molecule has 0 aromatic carbocycles. The maximum Gasteiger partial charge on any atom is 0.348 e. The molecule has 7 heteroatoms. The third-order valence-corrected chi connectivity index (χ3v) is 3.37. The SMILES string of the molecule is CCOC(=O)c1sc(-n2cn[nH]c2=O)cc1C. The number of thiophene rings is 1. The van der Waals surface area contributed by atoms with Crippen LogP contribution in [0.15, 0.2) is 17.2 Å². The molecular formula is C10H11N3O3S. The second-order valence-corrected chi connectivity index (χ2v) is 4.38. The van der Waals surface area contributed by atoms with Crippen LogP contribution in [-0.2, 0) is 4.74 Å². The number of aryl methyl sites for hydroxylation is 1. The zero-order valence-corrected chi connectivity index (χ0v) is 10.2. The van der Waals surface area contributed by atoms with Crippen LogP contribution in [0.3, 0.4) is 0 Å². The highest BCUT2D eigenvalue weighted by molar-refractivity contribution is 7.16. The van der Waals surface area contributed by atoms with Crippen molar-refractivity contribution in [1.82, 2.24) is 14.8 Å². The molecule has 0 aliphatic heterocycles. The van der Waals surface area contributed by atoms with E-state index in [1.165, 1.54) is 22.2 Å². The number of esters is 1. The molecule has 17 heavy (non-hydrogen) atoms. The topological polar surface area (TPSA) is 77.0 Å². The average molecular weight is 253 g/mol. The van der Waals surface area contributed by atoms with E-state index in [4.69, 9.17) is 4.74 Å². The smallest absolute Gasteiger partial charge is 0.348 e. The second-order valence-electron chi connectivity index (χ2n) is 3.35. The lowest BCUT2D eigenvalue weighted by atomic mass is 10.3. The van der Waals surface area contributed by atoms with Crippen molar-refractivity contribution in [3.63, 3.8) is 0 Å². The number of hydrogen-bond acceptors (Lipinski definition) is 5. The van der Waals surface area contributed by atoms with Crippen molar-refractivity contribution in [2.24, 2.45) is 0 Å². The number of nitrogens with zero attached hydrogens (tertiary/aromatic N) is 2. The molecule has 2 aromatic rings. The molecule has 0 fully saturated rings. The molecule has 0 saturated carbocycles.